The molecule has 1 N–H and O–H groups in total. The second-order valence-electron chi connectivity index (χ2n) is 2.87. The van der Waals surface area contributed by atoms with Crippen molar-refractivity contribution in [2.24, 2.45) is 0 Å². The highest BCUT2D eigenvalue weighted by Gasteiger charge is 1.98. The Labute approximate surface area is 95.7 Å². The molecule has 3 nitrogen and oxygen atoms in total. The van der Waals surface area contributed by atoms with Crippen molar-refractivity contribution in [1.29, 1.82) is 0 Å². The van der Waals surface area contributed by atoms with Crippen LogP contribution in [0.4, 0.5) is 0 Å². The molecule has 0 spiro atoms. The van der Waals surface area contributed by atoms with E-state index in [1.165, 1.54) is 13.0 Å². The van der Waals surface area contributed by atoms with E-state index in [1.807, 2.05) is 30.3 Å². The standard InChI is InChI=1S/C9H10O.C4H6O2/c1-2-9(10)8-6-4-3-5-7-8;1-3-6-4(2)5/h2-7,9-10H,1H2;3H,1H2,2H3. The molecule has 16 heavy (non-hydrogen) atoms. The average molecular weight is 220 g/mol. The van der Waals surface area contributed by atoms with Crippen LogP contribution in [-0.2, 0) is 9.53 Å². The van der Waals surface area contributed by atoms with Gasteiger partial charge in [0.1, 0.15) is 0 Å². The van der Waals surface area contributed by atoms with E-state index in [1.54, 1.807) is 0 Å². The Kier molecular flexibility index (Phi) is 7.45. The van der Waals surface area contributed by atoms with Crippen molar-refractivity contribution in [2.75, 3.05) is 0 Å². The lowest BCUT2D eigenvalue weighted by molar-refractivity contribution is -0.135. The van der Waals surface area contributed by atoms with Gasteiger partial charge >= 0.3 is 5.97 Å². The number of esters is 1. The molecule has 0 bridgehead atoms. The first-order valence-corrected chi connectivity index (χ1v) is 4.75. The maximum absolute atomic E-state index is 9.75. The first-order valence-electron chi connectivity index (χ1n) is 4.75. The van der Waals surface area contributed by atoms with Gasteiger partial charge in [0.15, 0.2) is 0 Å². The van der Waals surface area contributed by atoms with Gasteiger partial charge in [-0.05, 0) is 5.56 Å². The predicted molar refractivity (Wildman–Crippen MR) is 63.6 cm³/mol. The summed E-state index contributed by atoms with van der Waals surface area (Å²) in [4.78, 5) is 9.75. The fourth-order valence-electron chi connectivity index (χ4n) is 0.904. The zero-order valence-electron chi connectivity index (χ0n) is 9.30. The molecule has 1 aromatic carbocycles. The number of carbonyl (C=O) groups is 1. The number of hydrogen-bond acceptors (Lipinski definition) is 3. The van der Waals surface area contributed by atoms with Crippen molar-refractivity contribution in [3.05, 3.63) is 61.4 Å². The quantitative estimate of drug-likeness (QED) is 0.484. The summed E-state index contributed by atoms with van der Waals surface area (Å²) in [5.74, 6) is -0.329. The predicted octanol–water partition coefficient (Wildman–Crippen LogP) is 2.60. The molecule has 0 saturated carbocycles. The normalized spacial score (nSPS) is 10.4. The highest BCUT2D eigenvalue weighted by molar-refractivity contribution is 5.66. The van der Waals surface area contributed by atoms with Crippen molar-refractivity contribution in [1.82, 2.24) is 0 Å². The fourth-order valence-corrected chi connectivity index (χ4v) is 0.904. The zero-order valence-corrected chi connectivity index (χ0v) is 9.30. The summed E-state index contributed by atoms with van der Waals surface area (Å²) in [6.07, 6.45) is 2.08. The number of benzene rings is 1. The maximum atomic E-state index is 9.75. The second-order valence-corrected chi connectivity index (χ2v) is 2.87. The van der Waals surface area contributed by atoms with Crippen LogP contribution in [0.25, 0.3) is 0 Å². The van der Waals surface area contributed by atoms with Gasteiger partial charge in [-0.15, -0.1) is 6.58 Å². The van der Waals surface area contributed by atoms with Gasteiger partial charge in [-0.1, -0.05) is 43.0 Å². The number of hydrogen-bond donors (Lipinski definition) is 1. The van der Waals surface area contributed by atoms with Crippen LogP contribution in [0, 0.1) is 0 Å². The molecule has 1 unspecified atom stereocenters. The van der Waals surface area contributed by atoms with Crippen molar-refractivity contribution in [2.45, 2.75) is 13.0 Å². The summed E-state index contributed by atoms with van der Waals surface area (Å²) >= 11 is 0. The molecule has 0 aromatic heterocycles. The van der Waals surface area contributed by atoms with Crippen LogP contribution in [0.15, 0.2) is 55.8 Å². The summed E-state index contributed by atoms with van der Waals surface area (Å²) in [5, 5.41) is 9.21. The van der Waals surface area contributed by atoms with E-state index in [0.717, 1.165) is 11.8 Å². The molecule has 1 atom stereocenters. The minimum Gasteiger partial charge on any atom is -0.435 e. The Morgan fingerprint density at radius 2 is 1.94 bits per heavy atom. The van der Waals surface area contributed by atoms with E-state index in [2.05, 4.69) is 17.9 Å². The molecule has 0 heterocycles. The SMILES string of the molecule is C=CC(O)c1ccccc1.C=COC(C)=O. The van der Waals surface area contributed by atoms with Crippen LogP contribution < -0.4 is 0 Å². The molecule has 1 rings (SSSR count). The monoisotopic (exact) mass is 220 g/mol. The van der Waals surface area contributed by atoms with Crippen LogP contribution in [0.1, 0.15) is 18.6 Å². The Hall–Kier alpha value is -1.87. The Bertz CT molecular complexity index is 330. The first-order chi connectivity index (χ1) is 7.61. The minimum absolute atomic E-state index is 0.329. The first kappa shape index (κ1) is 14.1. The van der Waals surface area contributed by atoms with Gasteiger partial charge in [-0.3, -0.25) is 4.79 Å². The zero-order chi connectivity index (χ0) is 12.4. The molecule has 86 valence electrons. The topological polar surface area (TPSA) is 46.5 Å². The Morgan fingerprint density at radius 3 is 2.25 bits per heavy atom. The molecule has 0 amide bonds. The van der Waals surface area contributed by atoms with Crippen LogP contribution in [0.5, 0.6) is 0 Å². The van der Waals surface area contributed by atoms with Crippen LogP contribution in [0.2, 0.25) is 0 Å². The van der Waals surface area contributed by atoms with Gasteiger partial charge in [0.2, 0.25) is 0 Å². The summed E-state index contributed by atoms with van der Waals surface area (Å²) in [6, 6.07) is 9.43. The maximum Gasteiger partial charge on any atom is 0.307 e. The average Bonchev–Trinajstić information content (AvgIpc) is 2.30. The van der Waals surface area contributed by atoms with Crippen LogP contribution in [-0.4, -0.2) is 11.1 Å². The summed E-state index contributed by atoms with van der Waals surface area (Å²) in [6.45, 7) is 7.97. The lowest BCUT2D eigenvalue weighted by atomic mass is 10.1. The number of aliphatic hydroxyl groups excluding tert-OH is 1. The molecule has 0 aliphatic rings. The van der Waals surface area contributed by atoms with Crippen molar-refractivity contribution in [3.63, 3.8) is 0 Å². The Balaban J connectivity index is 0.000000325. The summed E-state index contributed by atoms with van der Waals surface area (Å²) < 4.78 is 4.17. The third-order valence-electron chi connectivity index (χ3n) is 1.61. The van der Waals surface area contributed by atoms with Gasteiger partial charge in [0.05, 0.1) is 12.4 Å². The third-order valence-corrected chi connectivity index (χ3v) is 1.61. The lowest BCUT2D eigenvalue weighted by Crippen LogP contribution is -1.90. The highest BCUT2D eigenvalue weighted by Crippen LogP contribution is 2.11. The number of ether oxygens (including phenoxy) is 1. The number of carbonyl (C=O) groups excluding carboxylic acids is 1. The molecule has 0 fully saturated rings. The Morgan fingerprint density at radius 1 is 1.38 bits per heavy atom. The van der Waals surface area contributed by atoms with Gasteiger partial charge in [0, 0.05) is 6.92 Å². The smallest absolute Gasteiger partial charge is 0.307 e. The molecule has 0 aliphatic heterocycles. The number of aliphatic hydroxyl groups is 1. The molecule has 0 aliphatic carbocycles. The fraction of sp³-hybridized carbons (Fsp3) is 0.154. The molecule has 1 aromatic rings. The van der Waals surface area contributed by atoms with Crippen molar-refractivity contribution < 1.29 is 14.6 Å². The van der Waals surface area contributed by atoms with Gasteiger partial charge < -0.3 is 9.84 Å². The summed E-state index contributed by atoms with van der Waals surface area (Å²) in [5.41, 5.74) is 0.887. The molecular formula is C13H16O3. The van der Waals surface area contributed by atoms with Gasteiger partial charge in [-0.2, -0.15) is 0 Å². The minimum atomic E-state index is -0.527. The molecular weight excluding hydrogens is 204 g/mol. The van der Waals surface area contributed by atoms with E-state index < -0.39 is 6.10 Å². The van der Waals surface area contributed by atoms with Gasteiger partial charge in [-0.25, -0.2) is 0 Å². The van der Waals surface area contributed by atoms with Crippen LogP contribution >= 0.6 is 0 Å². The van der Waals surface area contributed by atoms with E-state index in [-0.39, 0.29) is 5.97 Å². The molecule has 0 radical (unpaired) electrons. The van der Waals surface area contributed by atoms with Gasteiger partial charge in [0.25, 0.3) is 0 Å². The number of rotatable bonds is 3. The molecule has 3 heteroatoms. The lowest BCUT2D eigenvalue weighted by Gasteiger charge is -2.02. The van der Waals surface area contributed by atoms with E-state index in [4.69, 9.17) is 0 Å². The second kappa shape index (κ2) is 8.44. The van der Waals surface area contributed by atoms with Crippen molar-refractivity contribution >= 4 is 5.97 Å². The van der Waals surface area contributed by atoms with E-state index in [9.17, 15) is 9.90 Å². The largest absolute Gasteiger partial charge is 0.435 e. The van der Waals surface area contributed by atoms with Crippen LogP contribution in [0.3, 0.4) is 0 Å². The van der Waals surface area contributed by atoms with E-state index >= 15 is 0 Å². The highest BCUT2D eigenvalue weighted by atomic mass is 16.5. The summed E-state index contributed by atoms with van der Waals surface area (Å²) in [7, 11) is 0. The van der Waals surface area contributed by atoms with E-state index in [0.29, 0.717) is 0 Å². The molecule has 0 saturated heterocycles. The third kappa shape index (κ3) is 6.56. The van der Waals surface area contributed by atoms with Crippen molar-refractivity contribution in [3.8, 4) is 0 Å².